The van der Waals surface area contributed by atoms with E-state index in [1.807, 2.05) is 0 Å². The molecule has 0 aromatic heterocycles. The van der Waals surface area contributed by atoms with E-state index in [-0.39, 0.29) is 22.0 Å². The summed E-state index contributed by atoms with van der Waals surface area (Å²) in [6, 6.07) is 16.1. The van der Waals surface area contributed by atoms with Crippen molar-refractivity contribution < 1.29 is 23.2 Å². The Labute approximate surface area is 184 Å². The zero-order valence-corrected chi connectivity index (χ0v) is 18.0. The monoisotopic (exact) mass is 456 g/mol. The Morgan fingerprint density at radius 1 is 1.09 bits per heavy atom. The van der Waals surface area contributed by atoms with E-state index in [0.29, 0.717) is 17.0 Å². The molecule has 10 nitrogen and oxygen atoms in total. The number of ether oxygens (including phenoxy) is 1. The van der Waals surface area contributed by atoms with Crippen LogP contribution in [-0.4, -0.2) is 31.3 Å². The third kappa shape index (κ3) is 5.13. The summed E-state index contributed by atoms with van der Waals surface area (Å²) in [6.07, 6.45) is 0. The molecule has 0 heterocycles. The summed E-state index contributed by atoms with van der Waals surface area (Å²) in [6.45, 7) is 1.62. The zero-order valence-electron chi connectivity index (χ0n) is 17.1. The van der Waals surface area contributed by atoms with Crippen LogP contribution in [0.2, 0.25) is 0 Å². The van der Waals surface area contributed by atoms with Crippen molar-refractivity contribution in [3.05, 3.63) is 82.4 Å². The lowest BCUT2D eigenvalue weighted by Gasteiger charge is -2.10. The number of rotatable bonds is 8. The Morgan fingerprint density at radius 3 is 2.41 bits per heavy atom. The second kappa shape index (κ2) is 9.35. The van der Waals surface area contributed by atoms with Crippen molar-refractivity contribution in [2.24, 2.45) is 5.10 Å². The number of benzene rings is 3. The largest absolute Gasteiger partial charge is 0.507 e. The molecule has 0 aliphatic rings. The molecule has 11 heteroatoms. The molecule has 0 saturated carbocycles. The Morgan fingerprint density at radius 2 is 1.78 bits per heavy atom. The van der Waals surface area contributed by atoms with Crippen LogP contribution < -0.4 is 14.9 Å². The molecule has 166 valence electrons. The molecule has 0 aliphatic carbocycles. The first-order valence-corrected chi connectivity index (χ1v) is 10.7. The van der Waals surface area contributed by atoms with Crippen LogP contribution in [0, 0.1) is 10.1 Å². The van der Waals surface area contributed by atoms with Crippen LogP contribution in [0.4, 0.5) is 17.1 Å². The number of hydrogen-bond donors (Lipinski definition) is 3. The Hall–Kier alpha value is -4.12. The minimum absolute atomic E-state index is 0.00633. The van der Waals surface area contributed by atoms with Gasteiger partial charge in [0.15, 0.2) is 0 Å². The van der Waals surface area contributed by atoms with E-state index in [9.17, 15) is 23.6 Å². The number of phenolic OH excluding ortho intramolecular Hbond substituents is 1. The predicted molar refractivity (Wildman–Crippen MR) is 121 cm³/mol. The Kier molecular flexibility index (Phi) is 6.59. The van der Waals surface area contributed by atoms with Crippen molar-refractivity contribution in [3.8, 4) is 11.5 Å². The fourth-order valence-corrected chi connectivity index (χ4v) is 3.86. The van der Waals surface area contributed by atoms with E-state index in [4.69, 9.17) is 4.74 Å². The molecule has 0 atom stereocenters. The van der Waals surface area contributed by atoms with Crippen molar-refractivity contribution in [1.82, 2.24) is 0 Å². The Balaban J connectivity index is 1.87. The van der Waals surface area contributed by atoms with Gasteiger partial charge in [-0.2, -0.15) is 5.10 Å². The van der Waals surface area contributed by atoms with Crippen LogP contribution in [0.15, 0.2) is 76.7 Å². The number of phenols is 1. The van der Waals surface area contributed by atoms with Crippen LogP contribution >= 0.6 is 0 Å². The minimum Gasteiger partial charge on any atom is -0.507 e. The summed E-state index contributed by atoms with van der Waals surface area (Å²) in [5.41, 5.74) is 3.20. The maximum absolute atomic E-state index is 12.7. The highest BCUT2D eigenvalue weighted by Gasteiger charge is 2.22. The minimum atomic E-state index is -4.08. The van der Waals surface area contributed by atoms with Gasteiger partial charge in [-0.1, -0.05) is 12.1 Å². The van der Waals surface area contributed by atoms with Gasteiger partial charge in [0.25, 0.3) is 15.7 Å². The van der Waals surface area contributed by atoms with Gasteiger partial charge in [0.2, 0.25) is 0 Å². The van der Waals surface area contributed by atoms with Crippen molar-refractivity contribution in [2.75, 3.05) is 17.3 Å². The number of nitro groups is 1. The second-order valence-electron chi connectivity index (χ2n) is 6.60. The molecule has 3 aromatic carbocycles. The van der Waals surface area contributed by atoms with Gasteiger partial charge in [-0.15, -0.1) is 0 Å². The van der Waals surface area contributed by atoms with Crippen molar-refractivity contribution in [2.45, 2.75) is 11.8 Å². The molecule has 0 unspecified atom stereocenters. The smallest absolute Gasteiger partial charge is 0.295 e. The molecular formula is C21H20N4O6S. The molecule has 0 bridgehead atoms. The maximum atomic E-state index is 12.7. The van der Waals surface area contributed by atoms with Crippen LogP contribution in [0.25, 0.3) is 0 Å². The SMILES string of the molecule is COc1ccc(NS(=O)(=O)c2ccc(N/N=C(\C)c3ccccc3O)c([N+](=O)[O-])c2)cc1. The topological polar surface area (TPSA) is 143 Å². The molecule has 0 radical (unpaired) electrons. The van der Waals surface area contributed by atoms with Gasteiger partial charge in [0.1, 0.15) is 17.2 Å². The quantitative estimate of drug-likeness (QED) is 0.264. The zero-order chi connectivity index (χ0) is 23.3. The average molecular weight is 456 g/mol. The number of nitrogens with zero attached hydrogens (tertiary/aromatic N) is 2. The van der Waals surface area contributed by atoms with Gasteiger partial charge in [0.05, 0.1) is 22.6 Å². The van der Waals surface area contributed by atoms with Gasteiger partial charge in [-0.3, -0.25) is 20.3 Å². The number of sulfonamides is 1. The van der Waals surface area contributed by atoms with E-state index >= 15 is 0 Å². The first-order chi connectivity index (χ1) is 15.2. The molecule has 0 saturated heterocycles. The lowest BCUT2D eigenvalue weighted by atomic mass is 10.1. The number of anilines is 2. The fraction of sp³-hybridized carbons (Fsp3) is 0.0952. The van der Waals surface area contributed by atoms with E-state index < -0.39 is 20.6 Å². The van der Waals surface area contributed by atoms with E-state index in [0.717, 1.165) is 6.07 Å². The number of aromatic hydroxyl groups is 1. The lowest BCUT2D eigenvalue weighted by molar-refractivity contribution is -0.384. The highest BCUT2D eigenvalue weighted by Crippen LogP contribution is 2.29. The number of para-hydroxylation sites is 1. The normalized spacial score (nSPS) is 11.6. The highest BCUT2D eigenvalue weighted by atomic mass is 32.2. The van der Waals surface area contributed by atoms with Gasteiger partial charge < -0.3 is 9.84 Å². The summed E-state index contributed by atoms with van der Waals surface area (Å²) < 4.78 is 32.8. The van der Waals surface area contributed by atoms with Gasteiger partial charge in [-0.25, -0.2) is 8.42 Å². The first kappa shape index (κ1) is 22.6. The number of methoxy groups -OCH3 is 1. The Bertz CT molecular complexity index is 1270. The number of hydrogen-bond acceptors (Lipinski definition) is 8. The molecule has 32 heavy (non-hydrogen) atoms. The summed E-state index contributed by atoms with van der Waals surface area (Å²) in [7, 11) is -2.59. The average Bonchev–Trinajstić information content (AvgIpc) is 2.77. The summed E-state index contributed by atoms with van der Waals surface area (Å²) in [5, 5.41) is 25.5. The van der Waals surface area contributed by atoms with Crippen LogP contribution in [-0.2, 0) is 10.0 Å². The van der Waals surface area contributed by atoms with Gasteiger partial charge in [0, 0.05) is 17.3 Å². The summed E-state index contributed by atoms with van der Waals surface area (Å²) in [4.78, 5) is 10.6. The maximum Gasteiger partial charge on any atom is 0.295 e. The fourth-order valence-electron chi connectivity index (χ4n) is 2.78. The summed E-state index contributed by atoms with van der Waals surface area (Å²) in [5.74, 6) is 0.565. The third-order valence-electron chi connectivity index (χ3n) is 4.46. The first-order valence-electron chi connectivity index (χ1n) is 9.25. The molecule has 0 fully saturated rings. The molecule has 0 amide bonds. The predicted octanol–water partition coefficient (Wildman–Crippen LogP) is 3.95. The third-order valence-corrected chi connectivity index (χ3v) is 5.84. The number of nitrogens with one attached hydrogen (secondary N) is 2. The molecule has 3 N–H and O–H groups in total. The lowest BCUT2D eigenvalue weighted by Crippen LogP contribution is -2.13. The molecule has 3 aromatic rings. The van der Waals surface area contributed by atoms with Gasteiger partial charge in [-0.05, 0) is 55.5 Å². The van der Waals surface area contributed by atoms with Crippen molar-refractivity contribution in [3.63, 3.8) is 0 Å². The highest BCUT2D eigenvalue weighted by molar-refractivity contribution is 7.92. The van der Waals surface area contributed by atoms with E-state index in [1.165, 1.54) is 37.4 Å². The summed E-state index contributed by atoms with van der Waals surface area (Å²) >= 11 is 0. The van der Waals surface area contributed by atoms with E-state index in [1.54, 1.807) is 37.3 Å². The van der Waals surface area contributed by atoms with E-state index in [2.05, 4.69) is 15.2 Å². The van der Waals surface area contributed by atoms with Gasteiger partial charge >= 0.3 is 0 Å². The van der Waals surface area contributed by atoms with Crippen LogP contribution in [0.1, 0.15) is 12.5 Å². The molecule has 0 spiro atoms. The van der Waals surface area contributed by atoms with Crippen LogP contribution in [0.5, 0.6) is 11.5 Å². The molecular weight excluding hydrogens is 436 g/mol. The number of hydrazone groups is 1. The molecule has 3 rings (SSSR count). The van der Waals surface area contributed by atoms with Crippen molar-refractivity contribution in [1.29, 1.82) is 0 Å². The molecule has 0 aliphatic heterocycles. The second-order valence-corrected chi connectivity index (χ2v) is 8.28. The van der Waals surface area contributed by atoms with Crippen molar-refractivity contribution >= 4 is 32.8 Å². The van der Waals surface area contributed by atoms with Crippen LogP contribution in [0.3, 0.4) is 0 Å². The standard InChI is InChI=1S/C21H20N4O6S/c1-14(18-5-3-4-6-21(18)26)22-23-19-12-11-17(13-20(19)25(27)28)32(29,30)24-15-7-9-16(31-2)10-8-15/h3-13,23-24,26H,1-2H3/b22-14+. The number of nitro benzene ring substituents is 1.